The van der Waals surface area contributed by atoms with E-state index in [9.17, 15) is 4.79 Å². The van der Waals surface area contributed by atoms with Gasteiger partial charge in [-0.25, -0.2) is 0 Å². The number of carbonyl (C=O) groups is 1. The quantitative estimate of drug-likeness (QED) is 0.647. The smallest absolute Gasteiger partial charge is 0.257 e. The summed E-state index contributed by atoms with van der Waals surface area (Å²) in [7, 11) is 1.60. The first kappa shape index (κ1) is 18.3. The largest absolute Gasteiger partial charge is 0.497 e. The number of hydrogen-bond acceptors (Lipinski definition) is 5. The van der Waals surface area contributed by atoms with Crippen molar-refractivity contribution in [1.82, 2.24) is 4.98 Å². The van der Waals surface area contributed by atoms with Crippen LogP contribution in [0.5, 0.6) is 11.5 Å². The van der Waals surface area contributed by atoms with Crippen molar-refractivity contribution in [3.05, 3.63) is 72.6 Å². The van der Waals surface area contributed by atoms with E-state index in [1.54, 1.807) is 43.6 Å². The molecular weight excluding hydrogens is 342 g/mol. The Hall–Kier alpha value is -3.54. The van der Waals surface area contributed by atoms with Gasteiger partial charge in [0.2, 0.25) is 0 Å². The summed E-state index contributed by atoms with van der Waals surface area (Å²) in [4.78, 5) is 16.7. The van der Waals surface area contributed by atoms with E-state index in [-0.39, 0.29) is 5.91 Å². The number of amides is 1. The number of ether oxygens (including phenoxy) is 2. The van der Waals surface area contributed by atoms with Crippen LogP contribution in [0.3, 0.4) is 0 Å². The van der Waals surface area contributed by atoms with E-state index < -0.39 is 0 Å². The van der Waals surface area contributed by atoms with Crippen LogP contribution in [0.25, 0.3) is 0 Å². The predicted octanol–water partition coefficient (Wildman–Crippen LogP) is 4.48. The van der Waals surface area contributed by atoms with Gasteiger partial charge < -0.3 is 20.1 Å². The van der Waals surface area contributed by atoms with Gasteiger partial charge in [-0.3, -0.25) is 9.78 Å². The van der Waals surface area contributed by atoms with Crippen LogP contribution in [0.1, 0.15) is 17.3 Å². The number of carbonyl (C=O) groups excluding carboxylic acids is 1. The summed E-state index contributed by atoms with van der Waals surface area (Å²) in [5.74, 6) is 1.23. The summed E-state index contributed by atoms with van der Waals surface area (Å²) in [5.41, 5.74) is 2.64. The molecule has 1 amide bonds. The number of pyridine rings is 1. The molecule has 0 aliphatic rings. The molecule has 3 rings (SSSR count). The average molecular weight is 363 g/mol. The zero-order valence-electron chi connectivity index (χ0n) is 15.2. The molecule has 2 N–H and O–H groups in total. The van der Waals surface area contributed by atoms with E-state index in [0.29, 0.717) is 23.5 Å². The number of hydrogen-bond donors (Lipinski definition) is 2. The van der Waals surface area contributed by atoms with Crippen molar-refractivity contribution in [2.75, 3.05) is 24.4 Å². The molecule has 0 unspecified atom stereocenters. The molecule has 6 nitrogen and oxygen atoms in total. The van der Waals surface area contributed by atoms with Crippen LogP contribution in [0.15, 0.2) is 67.0 Å². The maximum Gasteiger partial charge on any atom is 0.257 e. The van der Waals surface area contributed by atoms with E-state index in [1.165, 1.54) is 6.20 Å². The van der Waals surface area contributed by atoms with Crippen molar-refractivity contribution >= 4 is 23.0 Å². The SMILES string of the molecule is CCOc1ccccc1Nc1cncc(C(=O)Nc2ccc(OC)cc2)c1. The minimum Gasteiger partial charge on any atom is -0.497 e. The highest BCUT2D eigenvalue weighted by Crippen LogP contribution is 2.27. The third-order valence-electron chi connectivity index (χ3n) is 3.81. The number of rotatable bonds is 7. The van der Waals surface area contributed by atoms with Crippen molar-refractivity contribution in [3.8, 4) is 11.5 Å². The molecule has 0 aliphatic heterocycles. The third-order valence-corrected chi connectivity index (χ3v) is 3.81. The molecule has 1 aromatic heterocycles. The van der Waals surface area contributed by atoms with E-state index in [0.717, 1.165) is 17.2 Å². The fourth-order valence-electron chi connectivity index (χ4n) is 2.52. The van der Waals surface area contributed by atoms with Gasteiger partial charge in [-0.2, -0.15) is 0 Å². The summed E-state index contributed by atoms with van der Waals surface area (Å²) in [6.07, 6.45) is 3.19. The van der Waals surface area contributed by atoms with Crippen molar-refractivity contribution in [2.24, 2.45) is 0 Å². The number of aromatic nitrogens is 1. The van der Waals surface area contributed by atoms with E-state index in [4.69, 9.17) is 9.47 Å². The van der Waals surface area contributed by atoms with E-state index in [2.05, 4.69) is 15.6 Å². The van der Waals surface area contributed by atoms with Crippen molar-refractivity contribution in [2.45, 2.75) is 6.92 Å². The fraction of sp³-hybridized carbons (Fsp3) is 0.143. The number of benzene rings is 2. The lowest BCUT2D eigenvalue weighted by atomic mass is 10.2. The molecule has 6 heteroatoms. The number of methoxy groups -OCH3 is 1. The Balaban J connectivity index is 1.74. The van der Waals surface area contributed by atoms with Gasteiger partial charge >= 0.3 is 0 Å². The van der Waals surface area contributed by atoms with Gasteiger partial charge in [-0.05, 0) is 49.4 Å². The average Bonchev–Trinajstić information content (AvgIpc) is 2.70. The summed E-state index contributed by atoms with van der Waals surface area (Å²) >= 11 is 0. The Bertz CT molecular complexity index is 911. The fourth-order valence-corrected chi connectivity index (χ4v) is 2.52. The standard InChI is InChI=1S/C21H21N3O3/c1-3-27-20-7-5-4-6-19(20)23-17-12-15(13-22-14-17)21(25)24-16-8-10-18(26-2)11-9-16/h4-14,23H,3H2,1-2H3,(H,24,25). The molecule has 0 bridgehead atoms. The summed E-state index contributed by atoms with van der Waals surface area (Å²) < 4.78 is 10.7. The van der Waals surface area contributed by atoms with Crippen molar-refractivity contribution in [1.29, 1.82) is 0 Å². The van der Waals surface area contributed by atoms with Crippen LogP contribution < -0.4 is 20.1 Å². The molecule has 2 aromatic carbocycles. The lowest BCUT2D eigenvalue weighted by Gasteiger charge is -2.12. The molecule has 0 aliphatic carbocycles. The maximum atomic E-state index is 12.5. The van der Waals surface area contributed by atoms with Crippen molar-refractivity contribution < 1.29 is 14.3 Å². The molecule has 1 heterocycles. The number of para-hydroxylation sites is 2. The summed E-state index contributed by atoms with van der Waals surface area (Å²) in [6, 6.07) is 16.5. The maximum absolute atomic E-state index is 12.5. The van der Waals surface area contributed by atoms with Gasteiger partial charge in [0.1, 0.15) is 11.5 Å². The first-order chi connectivity index (χ1) is 13.2. The molecule has 0 saturated heterocycles. The second-order valence-corrected chi connectivity index (χ2v) is 5.70. The number of nitrogens with zero attached hydrogens (tertiary/aromatic N) is 1. The second kappa shape index (κ2) is 8.71. The molecular formula is C21H21N3O3. The monoisotopic (exact) mass is 363 g/mol. The molecule has 3 aromatic rings. The Kier molecular flexibility index (Phi) is 5.89. The Morgan fingerprint density at radius 2 is 1.81 bits per heavy atom. The first-order valence-electron chi connectivity index (χ1n) is 8.59. The van der Waals surface area contributed by atoms with Crippen LogP contribution >= 0.6 is 0 Å². The van der Waals surface area contributed by atoms with Crippen LogP contribution in [-0.2, 0) is 0 Å². The first-order valence-corrected chi connectivity index (χ1v) is 8.59. The minimum atomic E-state index is -0.241. The Morgan fingerprint density at radius 3 is 2.56 bits per heavy atom. The molecule has 0 spiro atoms. The summed E-state index contributed by atoms with van der Waals surface area (Å²) in [6.45, 7) is 2.50. The van der Waals surface area contributed by atoms with Crippen LogP contribution in [0.4, 0.5) is 17.1 Å². The van der Waals surface area contributed by atoms with Gasteiger partial charge in [0.15, 0.2) is 0 Å². The van der Waals surface area contributed by atoms with Gasteiger partial charge in [0, 0.05) is 11.9 Å². The Labute approximate surface area is 158 Å². The molecule has 138 valence electrons. The lowest BCUT2D eigenvalue weighted by Crippen LogP contribution is -2.12. The highest BCUT2D eigenvalue weighted by atomic mass is 16.5. The summed E-state index contributed by atoms with van der Waals surface area (Å²) in [5, 5.41) is 6.09. The Morgan fingerprint density at radius 1 is 1.04 bits per heavy atom. The van der Waals surface area contributed by atoms with Gasteiger partial charge in [-0.15, -0.1) is 0 Å². The van der Waals surface area contributed by atoms with Crippen LogP contribution in [0, 0.1) is 0 Å². The number of anilines is 3. The zero-order chi connectivity index (χ0) is 19.1. The zero-order valence-corrected chi connectivity index (χ0v) is 15.2. The molecule has 27 heavy (non-hydrogen) atoms. The van der Waals surface area contributed by atoms with Crippen LogP contribution in [0.2, 0.25) is 0 Å². The topological polar surface area (TPSA) is 72.5 Å². The second-order valence-electron chi connectivity index (χ2n) is 5.70. The van der Waals surface area contributed by atoms with Gasteiger partial charge in [0.25, 0.3) is 5.91 Å². The predicted molar refractivity (Wildman–Crippen MR) is 106 cm³/mol. The third kappa shape index (κ3) is 4.76. The van der Waals surface area contributed by atoms with Gasteiger partial charge in [0.05, 0.1) is 36.9 Å². The molecule has 0 atom stereocenters. The highest BCUT2D eigenvalue weighted by Gasteiger charge is 2.09. The van der Waals surface area contributed by atoms with Crippen LogP contribution in [-0.4, -0.2) is 24.6 Å². The van der Waals surface area contributed by atoms with Crippen molar-refractivity contribution in [3.63, 3.8) is 0 Å². The molecule has 0 fully saturated rings. The van der Waals surface area contributed by atoms with E-state index >= 15 is 0 Å². The minimum absolute atomic E-state index is 0.241. The van der Waals surface area contributed by atoms with E-state index in [1.807, 2.05) is 31.2 Å². The lowest BCUT2D eigenvalue weighted by molar-refractivity contribution is 0.102. The highest BCUT2D eigenvalue weighted by molar-refractivity contribution is 6.04. The van der Waals surface area contributed by atoms with Gasteiger partial charge in [-0.1, -0.05) is 12.1 Å². The molecule has 0 saturated carbocycles. The molecule has 0 radical (unpaired) electrons. The number of nitrogens with one attached hydrogen (secondary N) is 2. The normalized spacial score (nSPS) is 10.1.